The Labute approximate surface area is 130 Å². The van der Waals surface area contributed by atoms with Crippen molar-refractivity contribution in [3.8, 4) is 17.0 Å². The highest BCUT2D eigenvalue weighted by atomic mass is 16.6. The predicted octanol–water partition coefficient (Wildman–Crippen LogP) is 3.09. The van der Waals surface area contributed by atoms with Gasteiger partial charge in [-0.25, -0.2) is 0 Å². The summed E-state index contributed by atoms with van der Waals surface area (Å²) in [4.78, 5) is 4.99. The molecule has 0 saturated heterocycles. The second-order valence-corrected chi connectivity index (χ2v) is 5.55. The molecule has 114 valence electrons. The Kier molecular flexibility index (Phi) is 4.04. The number of benzene rings is 1. The van der Waals surface area contributed by atoms with Gasteiger partial charge in [0, 0.05) is 11.1 Å². The van der Waals surface area contributed by atoms with Crippen molar-refractivity contribution in [1.29, 1.82) is 0 Å². The molecule has 0 N–H and O–H groups in total. The van der Waals surface area contributed by atoms with Crippen molar-refractivity contribution < 1.29 is 9.57 Å². The van der Waals surface area contributed by atoms with E-state index in [2.05, 4.69) is 22.3 Å². The van der Waals surface area contributed by atoms with Gasteiger partial charge >= 0.3 is 0 Å². The number of oxime groups is 1. The number of hydrogen-bond acceptors (Lipinski definition) is 5. The van der Waals surface area contributed by atoms with Crippen LogP contribution >= 0.6 is 0 Å². The standard InChI is InChI=1S/C17H19N3O2/c1-11-8-16-14(17(9-11)20-22-3)10-15(18-19-16)12-4-6-13(21-2)7-5-12/h4-7,10-11H,8-9H2,1-3H3/b20-17-. The second-order valence-electron chi connectivity index (χ2n) is 5.55. The molecule has 5 heteroatoms. The van der Waals surface area contributed by atoms with Crippen LogP contribution in [0.3, 0.4) is 0 Å². The number of fused-ring (bicyclic) bond motifs is 1. The summed E-state index contributed by atoms with van der Waals surface area (Å²) in [6, 6.07) is 9.85. The molecule has 22 heavy (non-hydrogen) atoms. The molecule has 0 bridgehead atoms. The molecule has 1 aromatic carbocycles. The molecule has 0 spiro atoms. The molecule has 0 radical (unpaired) electrons. The van der Waals surface area contributed by atoms with E-state index in [1.54, 1.807) is 14.2 Å². The van der Waals surface area contributed by atoms with Crippen molar-refractivity contribution in [3.63, 3.8) is 0 Å². The van der Waals surface area contributed by atoms with Crippen LogP contribution in [0.2, 0.25) is 0 Å². The van der Waals surface area contributed by atoms with Crippen molar-refractivity contribution >= 4 is 5.71 Å². The number of nitrogens with zero attached hydrogens (tertiary/aromatic N) is 3. The van der Waals surface area contributed by atoms with Gasteiger partial charge in [-0.1, -0.05) is 12.1 Å². The molecule has 1 aliphatic rings. The van der Waals surface area contributed by atoms with E-state index in [9.17, 15) is 0 Å². The second kappa shape index (κ2) is 6.13. The first kappa shape index (κ1) is 14.5. The number of hydrogen-bond donors (Lipinski definition) is 0. The van der Waals surface area contributed by atoms with Gasteiger partial charge in [0.2, 0.25) is 0 Å². The molecule has 5 nitrogen and oxygen atoms in total. The smallest absolute Gasteiger partial charge is 0.118 e. The quantitative estimate of drug-likeness (QED) is 0.817. The Hall–Kier alpha value is -2.43. The number of ether oxygens (including phenoxy) is 1. The maximum atomic E-state index is 5.18. The average Bonchev–Trinajstić information content (AvgIpc) is 2.55. The highest BCUT2D eigenvalue weighted by molar-refractivity contribution is 6.02. The Bertz CT molecular complexity index is 696. The largest absolute Gasteiger partial charge is 0.497 e. The number of methoxy groups -OCH3 is 1. The van der Waals surface area contributed by atoms with Crippen LogP contribution in [0.25, 0.3) is 11.3 Å². The third-order valence-corrected chi connectivity index (χ3v) is 3.85. The fourth-order valence-electron chi connectivity index (χ4n) is 2.76. The zero-order valence-corrected chi connectivity index (χ0v) is 13.0. The predicted molar refractivity (Wildman–Crippen MR) is 85.1 cm³/mol. The van der Waals surface area contributed by atoms with E-state index in [1.807, 2.05) is 30.3 Å². The Morgan fingerprint density at radius 1 is 1.09 bits per heavy atom. The van der Waals surface area contributed by atoms with Crippen LogP contribution in [0.4, 0.5) is 0 Å². The lowest BCUT2D eigenvalue weighted by molar-refractivity contribution is 0.212. The monoisotopic (exact) mass is 297 g/mol. The summed E-state index contributed by atoms with van der Waals surface area (Å²) in [7, 11) is 3.23. The molecule has 1 aromatic heterocycles. The van der Waals surface area contributed by atoms with Gasteiger partial charge in [0.25, 0.3) is 0 Å². The molecule has 1 aliphatic carbocycles. The molecular weight excluding hydrogens is 278 g/mol. The third-order valence-electron chi connectivity index (χ3n) is 3.85. The van der Waals surface area contributed by atoms with Gasteiger partial charge in [0.15, 0.2) is 0 Å². The topological polar surface area (TPSA) is 56.6 Å². The van der Waals surface area contributed by atoms with E-state index in [0.29, 0.717) is 5.92 Å². The van der Waals surface area contributed by atoms with Gasteiger partial charge in [0.1, 0.15) is 12.9 Å². The van der Waals surface area contributed by atoms with Gasteiger partial charge < -0.3 is 9.57 Å². The van der Waals surface area contributed by atoms with E-state index >= 15 is 0 Å². The lowest BCUT2D eigenvalue weighted by atomic mass is 9.86. The maximum absolute atomic E-state index is 5.18. The van der Waals surface area contributed by atoms with Gasteiger partial charge in [-0.15, -0.1) is 0 Å². The van der Waals surface area contributed by atoms with E-state index in [4.69, 9.17) is 9.57 Å². The third kappa shape index (κ3) is 2.79. The fraction of sp³-hybridized carbons (Fsp3) is 0.353. The summed E-state index contributed by atoms with van der Waals surface area (Å²) in [6.07, 6.45) is 1.82. The van der Waals surface area contributed by atoms with Gasteiger partial charge in [-0.3, -0.25) is 0 Å². The van der Waals surface area contributed by atoms with Crippen LogP contribution in [-0.2, 0) is 11.3 Å². The first-order chi connectivity index (χ1) is 10.7. The highest BCUT2D eigenvalue weighted by Crippen LogP contribution is 2.28. The van der Waals surface area contributed by atoms with E-state index < -0.39 is 0 Å². The fourth-order valence-corrected chi connectivity index (χ4v) is 2.76. The number of rotatable bonds is 3. The summed E-state index contributed by atoms with van der Waals surface area (Å²) in [6.45, 7) is 2.19. The molecule has 0 aliphatic heterocycles. The summed E-state index contributed by atoms with van der Waals surface area (Å²) in [5.41, 5.74) is 4.82. The van der Waals surface area contributed by atoms with Gasteiger partial charge in [-0.2, -0.15) is 10.2 Å². The zero-order chi connectivity index (χ0) is 15.5. The summed E-state index contributed by atoms with van der Waals surface area (Å²) < 4.78 is 5.18. The molecule has 1 atom stereocenters. The maximum Gasteiger partial charge on any atom is 0.118 e. The molecule has 2 aromatic rings. The van der Waals surface area contributed by atoms with Crippen LogP contribution in [-0.4, -0.2) is 30.1 Å². The number of aromatic nitrogens is 2. The SMILES string of the molecule is CO/N=C1/CC(C)Cc2nnc(-c3ccc(OC)cc3)cc21. The Morgan fingerprint density at radius 3 is 2.55 bits per heavy atom. The molecule has 1 unspecified atom stereocenters. The zero-order valence-electron chi connectivity index (χ0n) is 13.0. The summed E-state index contributed by atoms with van der Waals surface area (Å²) >= 11 is 0. The lowest BCUT2D eigenvalue weighted by Crippen LogP contribution is -2.21. The van der Waals surface area contributed by atoms with Gasteiger partial charge in [-0.05, 0) is 49.1 Å². The first-order valence-electron chi connectivity index (χ1n) is 7.32. The molecular formula is C17H19N3O2. The van der Waals surface area contributed by atoms with Crippen LogP contribution in [0.15, 0.2) is 35.5 Å². The summed E-state index contributed by atoms with van der Waals surface area (Å²) in [5.74, 6) is 1.33. The summed E-state index contributed by atoms with van der Waals surface area (Å²) in [5, 5.41) is 12.9. The minimum absolute atomic E-state index is 0.502. The average molecular weight is 297 g/mol. The normalized spacial score (nSPS) is 18.9. The Morgan fingerprint density at radius 2 is 1.86 bits per heavy atom. The van der Waals surface area contributed by atoms with Crippen LogP contribution in [0, 0.1) is 5.92 Å². The van der Waals surface area contributed by atoms with Crippen molar-refractivity contribution in [2.75, 3.05) is 14.2 Å². The molecule has 0 fully saturated rings. The minimum atomic E-state index is 0.502. The highest BCUT2D eigenvalue weighted by Gasteiger charge is 2.23. The van der Waals surface area contributed by atoms with Crippen LogP contribution in [0.1, 0.15) is 24.6 Å². The van der Waals surface area contributed by atoms with Crippen LogP contribution < -0.4 is 4.74 Å². The van der Waals surface area contributed by atoms with E-state index in [0.717, 1.165) is 46.8 Å². The van der Waals surface area contributed by atoms with E-state index in [-0.39, 0.29) is 0 Å². The van der Waals surface area contributed by atoms with E-state index in [1.165, 1.54) is 0 Å². The van der Waals surface area contributed by atoms with Crippen molar-refractivity contribution in [2.45, 2.75) is 19.8 Å². The molecule has 0 saturated carbocycles. The van der Waals surface area contributed by atoms with Crippen molar-refractivity contribution in [3.05, 3.63) is 41.6 Å². The first-order valence-corrected chi connectivity index (χ1v) is 7.32. The molecule has 3 rings (SSSR count). The lowest BCUT2D eigenvalue weighted by Gasteiger charge is -2.21. The van der Waals surface area contributed by atoms with Crippen LogP contribution in [0.5, 0.6) is 5.75 Å². The Balaban J connectivity index is 2.01. The van der Waals surface area contributed by atoms with Gasteiger partial charge in [0.05, 0.1) is 24.2 Å². The van der Waals surface area contributed by atoms with Crippen molar-refractivity contribution in [1.82, 2.24) is 10.2 Å². The minimum Gasteiger partial charge on any atom is -0.497 e. The van der Waals surface area contributed by atoms with Crippen molar-refractivity contribution in [2.24, 2.45) is 11.1 Å². The molecule has 1 heterocycles. The molecule has 0 amide bonds.